The van der Waals surface area contributed by atoms with Crippen LogP contribution in [0.4, 0.5) is 20.3 Å². The number of pyridine rings is 1. The van der Waals surface area contributed by atoms with Crippen molar-refractivity contribution in [3.63, 3.8) is 0 Å². The Balaban J connectivity index is 1.72. The third kappa shape index (κ3) is 4.23. The van der Waals surface area contributed by atoms with Crippen LogP contribution in [0.25, 0.3) is 10.9 Å². The van der Waals surface area contributed by atoms with Crippen molar-refractivity contribution in [2.24, 2.45) is 0 Å². The number of alkyl halides is 2. The molecule has 3 aromatic rings. The zero-order valence-corrected chi connectivity index (χ0v) is 16.2. The molecule has 2 aromatic carbocycles. The number of nitrogens with zero attached hydrogens (tertiary/aromatic N) is 3. The lowest BCUT2D eigenvalue weighted by Gasteiger charge is -2.24. The molecule has 1 N–H and O–H groups in total. The predicted molar refractivity (Wildman–Crippen MR) is 112 cm³/mol. The fraction of sp³-hybridized carbons (Fsp3) is 0.261. The highest BCUT2D eigenvalue weighted by atomic mass is 19.3. The van der Waals surface area contributed by atoms with Crippen molar-refractivity contribution in [1.29, 1.82) is 5.26 Å². The average molecular weight is 406 g/mol. The molecule has 1 aliphatic rings. The monoisotopic (exact) mass is 406 g/mol. The molecule has 1 aromatic heterocycles. The molecule has 152 valence electrons. The largest absolute Gasteiger partial charge is 0.356 e. The van der Waals surface area contributed by atoms with Gasteiger partial charge in [-0.1, -0.05) is 24.3 Å². The van der Waals surface area contributed by atoms with E-state index < -0.39 is 11.8 Å². The van der Waals surface area contributed by atoms with Crippen LogP contribution in [0.1, 0.15) is 35.2 Å². The van der Waals surface area contributed by atoms with Crippen molar-refractivity contribution in [3.8, 4) is 6.07 Å². The van der Waals surface area contributed by atoms with Gasteiger partial charge in [0.15, 0.2) is 0 Å². The molecule has 7 heteroatoms. The van der Waals surface area contributed by atoms with Crippen LogP contribution in [-0.4, -0.2) is 29.9 Å². The maximum absolute atomic E-state index is 13.9. The van der Waals surface area contributed by atoms with Gasteiger partial charge in [-0.3, -0.25) is 4.79 Å². The van der Waals surface area contributed by atoms with Crippen molar-refractivity contribution >= 4 is 28.3 Å². The lowest BCUT2D eigenvalue weighted by molar-refractivity contribution is -0.0102. The fourth-order valence-corrected chi connectivity index (χ4v) is 3.65. The Morgan fingerprint density at radius 2 is 1.93 bits per heavy atom. The van der Waals surface area contributed by atoms with Gasteiger partial charge in [-0.15, -0.1) is 0 Å². The number of aromatic nitrogens is 1. The van der Waals surface area contributed by atoms with E-state index in [0.29, 0.717) is 41.1 Å². The van der Waals surface area contributed by atoms with Crippen molar-refractivity contribution < 1.29 is 13.6 Å². The summed E-state index contributed by atoms with van der Waals surface area (Å²) in [7, 11) is 0. The molecule has 0 aliphatic carbocycles. The molecule has 1 fully saturated rings. The van der Waals surface area contributed by atoms with Crippen LogP contribution in [0, 0.1) is 11.3 Å². The summed E-state index contributed by atoms with van der Waals surface area (Å²) < 4.78 is 27.7. The van der Waals surface area contributed by atoms with E-state index in [-0.39, 0.29) is 19.4 Å². The summed E-state index contributed by atoms with van der Waals surface area (Å²) in [4.78, 5) is 19.5. The van der Waals surface area contributed by atoms with Crippen molar-refractivity contribution in [2.75, 3.05) is 23.3 Å². The molecule has 4 rings (SSSR count). The Labute approximate surface area is 172 Å². The Kier molecular flexibility index (Phi) is 5.32. The lowest BCUT2D eigenvalue weighted by Crippen LogP contribution is -2.29. The highest BCUT2D eigenvalue weighted by molar-refractivity contribution is 6.09. The molecule has 1 saturated heterocycles. The van der Waals surface area contributed by atoms with Gasteiger partial charge in [0.25, 0.3) is 5.91 Å². The number of hydrogen-bond acceptors (Lipinski definition) is 4. The number of rotatable bonds is 3. The van der Waals surface area contributed by atoms with Gasteiger partial charge in [0.2, 0.25) is 5.92 Å². The summed E-state index contributed by atoms with van der Waals surface area (Å²) in [5.74, 6) is -2.69. The number of hydrogen-bond donors (Lipinski definition) is 1. The van der Waals surface area contributed by atoms with Crippen LogP contribution >= 0.6 is 0 Å². The summed E-state index contributed by atoms with van der Waals surface area (Å²) in [5, 5.41) is 12.7. The molecule has 0 unspecified atom stereocenters. The van der Waals surface area contributed by atoms with Crippen LogP contribution in [0.15, 0.2) is 54.6 Å². The lowest BCUT2D eigenvalue weighted by atomic mass is 10.1. The average Bonchev–Trinajstić information content (AvgIpc) is 2.93. The van der Waals surface area contributed by atoms with Gasteiger partial charge in [-0.05, 0) is 36.8 Å². The van der Waals surface area contributed by atoms with E-state index in [2.05, 4.69) is 10.3 Å². The van der Waals surface area contributed by atoms with Crippen molar-refractivity contribution in [1.82, 2.24) is 4.98 Å². The maximum atomic E-state index is 13.9. The molecule has 0 atom stereocenters. The molecule has 2 heterocycles. The number of amides is 1. The number of carbonyl (C=O) groups is 1. The van der Waals surface area contributed by atoms with E-state index in [1.165, 1.54) is 0 Å². The van der Waals surface area contributed by atoms with E-state index in [4.69, 9.17) is 5.26 Å². The van der Waals surface area contributed by atoms with Gasteiger partial charge in [0, 0.05) is 37.0 Å². The van der Waals surface area contributed by atoms with Gasteiger partial charge >= 0.3 is 0 Å². The normalized spacial score (nSPS) is 16.0. The molecular formula is C23H20F2N4O. The van der Waals surface area contributed by atoms with E-state index in [1.54, 1.807) is 35.2 Å². The number of nitrogens with one attached hydrogen (secondary N) is 1. The summed E-state index contributed by atoms with van der Waals surface area (Å²) >= 11 is 0. The summed E-state index contributed by atoms with van der Waals surface area (Å²) in [5.41, 5.74) is 1.94. The highest BCUT2D eigenvalue weighted by Gasteiger charge is 2.33. The van der Waals surface area contributed by atoms with E-state index >= 15 is 0 Å². The SMILES string of the molecule is N#Cc1cccc(NC(=O)c2cc3ccccc3nc2N2CCCC(F)(F)CC2)c1. The van der Waals surface area contributed by atoms with Gasteiger partial charge in [-0.25, -0.2) is 13.8 Å². The fourth-order valence-electron chi connectivity index (χ4n) is 3.65. The Morgan fingerprint density at radius 3 is 2.77 bits per heavy atom. The standard InChI is InChI=1S/C23H20F2N4O/c24-23(25)9-4-11-29(12-10-23)21-19(14-17-6-1-2-8-20(17)28-21)22(30)27-18-7-3-5-16(13-18)15-26/h1-3,5-8,13-14H,4,9-12H2,(H,27,30). The van der Waals surface area contributed by atoms with Gasteiger partial charge in [0.05, 0.1) is 22.7 Å². The Bertz CT molecular complexity index is 1140. The third-order valence-corrected chi connectivity index (χ3v) is 5.22. The van der Waals surface area contributed by atoms with Crippen LogP contribution in [0.2, 0.25) is 0 Å². The van der Waals surface area contributed by atoms with E-state index in [9.17, 15) is 13.6 Å². The maximum Gasteiger partial charge on any atom is 0.259 e. The van der Waals surface area contributed by atoms with E-state index in [1.807, 2.05) is 30.3 Å². The molecular weight excluding hydrogens is 386 g/mol. The van der Waals surface area contributed by atoms with Crippen LogP contribution in [-0.2, 0) is 0 Å². The second-order valence-corrected chi connectivity index (χ2v) is 7.40. The number of anilines is 2. The molecule has 1 amide bonds. The molecule has 1 aliphatic heterocycles. The zero-order chi connectivity index (χ0) is 21.1. The van der Waals surface area contributed by atoms with Crippen LogP contribution in [0.3, 0.4) is 0 Å². The molecule has 0 bridgehead atoms. The van der Waals surface area contributed by atoms with Crippen LogP contribution < -0.4 is 10.2 Å². The first-order chi connectivity index (χ1) is 14.4. The Morgan fingerprint density at radius 1 is 1.10 bits per heavy atom. The minimum absolute atomic E-state index is 0.128. The Hall–Kier alpha value is -3.53. The predicted octanol–water partition coefficient (Wildman–Crippen LogP) is 4.98. The molecule has 30 heavy (non-hydrogen) atoms. The van der Waals surface area contributed by atoms with Gasteiger partial charge in [-0.2, -0.15) is 5.26 Å². The minimum atomic E-state index is -2.70. The van der Waals surface area contributed by atoms with Gasteiger partial charge < -0.3 is 10.2 Å². The molecule has 5 nitrogen and oxygen atoms in total. The second kappa shape index (κ2) is 8.07. The quantitative estimate of drug-likeness (QED) is 0.666. The van der Waals surface area contributed by atoms with E-state index in [0.717, 1.165) is 5.39 Å². The summed E-state index contributed by atoms with van der Waals surface area (Å²) in [6, 6.07) is 17.8. The number of para-hydroxylation sites is 1. The zero-order valence-electron chi connectivity index (χ0n) is 16.2. The second-order valence-electron chi connectivity index (χ2n) is 7.40. The van der Waals surface area contributed by atoms with Crippen molar-refractivity contribution in [2.45, 2.75) is 25.2 Å². The summed E-state index contributed by atoms with van der Waals surface area (Å²) in [6.45, 7) is 0.535. The number of nitriles is 1. The number of carbonyl (C=O) groups excluding carboxylic acids is 1. The first-order valence-corrected chi connectivity index (χ1v) is 9.79. The van der Waals surface area contributed by atoms with Gasteiger partial charge in [0.1, 0.15) is 5.82 Å². The number of fused-ring (bicyclic) bond motifs is 1. The first-order valence-electron chi connectivity index (χ1n) is 9.79. The molecule has 0 spiro atoms. The smallest absolute Gasteiger partial charge is 0.259 e. The number of benzene rings is 2. The third-order valence-electron chi connectivity index (χ3n) is 5.22. The van der Waals surface area contributed by atoms with Crippen LogP contribution in [0.5, 0.6) is 0 Å². The minimum Gasteiger partial charge on any atom is -0.356 e. The molecule has 0 saturated carbocycles. The summed E-state index contributed by atoms with van der Waals surface area (Å²) in [6.07, 6.45) is -0.112. The highest BCUT2D eigenvalue weighted by Crippen LogP contribution is 2.32. The number of halogens is 2. The topological polar surface area (TPSA) is 69.0 Å². The molecule has 0 radical (unpaired) electrons. The first kappa shape index (κ1) is 19.8. The van der Waals surface area contributed by atoms with Crippen molar-refractivity contribution in [3.05, 3.63) is 65.7 Å².